The maximum absolute atomic E-state index is 12.1. The Bertz CT molecular complexity index is 562. The fourth-order valence-electron chi connectivity index (χ4n) is 3.11. The van der Waals surface area contributed by atoms with E-state index >= 15 is 0 Å². The number of piperidine rings is 1. The molecule has 0 spiro atoms. The molecule has 2 amide bonds. The number of aliphatic hydroxyl groups excluding tert-OH is 1. The van der Waals surface area contributed by atoms with Gasteiger partial charge in [0.25, 0.3) is 0 Å². The van der Waals surface area contributed by atoms with E-state index in [2.05, 4.69) is 34.6 Å². The van der Waals surface area contributed by atoms with Crippen LogP contribution in [0.15, 0.2) is 18.2 Å². The second kappa shape index (κ2) is 8.38. The highest BCUT2D eigenvalue weighted by molar-refractivity contribution is 5.90. The molecular weight excluding hydrogens is 302 g/mol. The van der Waals surface area contributed by atoms with Gasteiger partial charge in [-0.1, -0.05) is 6.92 Å². The lowest BCUT2D eigenvalue weighted by atomic mass is 10.0. The second-order valence-corrected chi connectivity index (χ2v) is 7.08. The fourth-order valence-corrected chi connectivity index (χ4v) is 3.11. The molecule has 134 valence electrons. The van der Waals surface area contributed by atoms with E-state index in [1.807, 2.05) is 26.8 Å². The van der Waals surface area contributed by atoms with E-state index in [-0.39, 0.29) is 24.6 Å². The highest BCUT2D eigenvalue weighted by atomic mass is 16.3. The number of nitrogens with one attached hydrogen (secondary N) is 2. The van der Waals surface area contributed by atoms with Crippen LogP contribution in [-0.4, -0.2) is 36.4 Å². The van der Waals surface area contributed by atoms with Gasteiger partial charge in [0.2, 0.25) is 0 Å². The first-order valence-electron chi connectivity index (χ1n) is 8.98. The fraction of sp³-hybridized carbons (Fsp3) is 0.632. The minimum atomic E-state index is -0.231. The average molecular weight is 333 g/mol. The molecule has 1 aliphatic rings. The maximum atomic E-state index is 12.1. The van der Waals surface area contributed by atoms with Gasteiger partial charge >= 0.3 is 6.03 Å². The summed E-state index contributed by atoms with van der Waals surface area (Å²) < 4.78 is 0. The first-order valence-corrected chi connectivity index (χ1v) is 8.98. The molecule has 0 radical (unpaired) electrons. The second-order valence-electron chi connectivity index (χ2n) is 7.08. The average Bonchev–Trinajstić information content (AvgIpc) is 2.56. The van der Waals surface area contributed by atoms with Gasteiger partial charge in [-0.25, -0.2) is 4.79 Å². The molecule has 5 nitrogen and oxygen atoms in total. The molecule has 1 saturated heterocycles. The maximum Gasteiger partial charge on any atom is 0.319 e. The molecule has 3 atom stereocenters. The minimum Gasteiger partial charge on any atom is -0.396 e. The first-order chi connectivity index (χ1) is 11.4. The molecule has 24 heavy (non-hydrogen) atoms. The molecule has 1 aliphatic heterocycles. The van der Waals surface area contributed by atoms with Crippen molar-refractivity contribution in [3.05, 3.63) is 23.8 Å². The van der Waals surface area contributed by atoms with Crippen LogP contribution in [0.25, 0.3) is 0 Å². The van der Waals surface area contributed by atoms with Crippen LogP contribution in [0.3, 0.4) is 0 Å². The van der Waals surface area contributed by atoms with Gasteiger partial charge in [0.05, 0.1) is 0 Å². The molecule has 0 aromatic heterocycles. The van der Waals surface area contributed by atoms with E-state index in [0.29, 0.717) is 6.04 Å². The van der Waals surface area contributed by atoms with Gasteiger partial charge < -0.3 is 20.6 Å². The zero-order valence-electron chi connectivity index (χ0n) is 15.3. The molecule has 5 heteroatoms. The van der Waals surface area contributed by atoms with Crippen LogP contribution in [0.5, 0.6) is 0 Å². The summed E-state index contributed by atoms with van der Waals surface area (Å²) in [7, 11) is 0. The number of urea groups is 1. The van der Waals surface area contributed by atoms with Crippen molar-refractivity contribution >= 4 is 17.4 Å². The summed E-state index contributed by atoms with van der Waals surface area (Å²) in [6.45, 7) is 9.26. The highest BCUT2D eigenvalue weighted by Crippen LogP contribution is 2.28. The number of anilines is 2. The minimum absolute atomic E-state index is 0.0276. The molecule has 1 heterocycles. The number of benzene rings is 1. The standard InChI is InChI=1S/C19H31N3O2/c1-13-11-17(22-10-6-5-7-15(22)3)8-9-18(13)21-19(24)20-16(4)14(2)12-23/h8-9,11,14-16,23H,5-7,10,12H2,1-4H3,(H2,20,21,24). The third-order valence-corrected chi connectivity index (χ3v) is 5.09. The number of carbonyl (C=O) groups is 1. The highest BCUT2D eigenvalue weighted by Gasteiger charge is 2.19. The predicted molar refractivity (Wildman–Crippen MR) is 99.7 cm³/mol. The number of amides is 2. The van der Waals surface area contributed by atoms with Gasteiger partial charge in [0.15, 0.2) is 0 Å². The smallest absolute Gasteiger partial charge is 0.319 e. The Hall–Kier alpha value is -1.75. The summed E-state index contributed by atoms with van der Waals surface area (Å²) in [4.78, 5) is 14.6. The van der Waals surface area contributed by atoms with Crippen molar-refractivity contribution in [3.8, 4) is 0 Å². The number of hydrogen-bond donors (Lipinski definition) is 3. The van der Waals surface area contributed by atoms with Crippen LogP contribution in [0.2, 0.25) is 0 Å². The normalized spacial score (nSPS) is 20.4. The predicted octanol–water partition coefficient (Wildman–Crippen LogP) is 3.51. The zero-order chi connectivity index (χ0) is 17.7. The summed E-state index contributed by atoms with van der Waals surface area (Å²) in [5.74, 6) is 0.0276. The van der Waals surface area contributed by atoms with Crippen LogP contribution in [0, 0.1) is 12.8 Å². The van der Waals surface area contributed by atoms with E-state index in [1.54, 1.807) is 0 Å². The van der Waals surface area contributed by atoms with E-state index < -0.39 is 0 Å². The van der Waals surface area contributed by atoms with Gasteiger partial charge in [-0.15, -0.1) is 0 Å². The summed E-state index contributed by atoms with van der Waals surface area (Å²) in [5.41, 5.74) is 3.11. The molecule has 0 saturated carbocycles. The van der Waals surface area contributed by atoms with Crippen molar-refractivity contribution in [2.24, 2.45) is 5.92 Å². The van der Waals surface area contributed by atoms with Gasteiger partial charge in [0, 0.05) is 36.6 Å². The molecule has 3 N–H and O–H groups in total. The van der Waals surface area contributed by atoms with E-state index in [9.17, 15) is 4.79 Å². The number of hydrogen-bond acceptors (Lipinski definition) is 3. The number of aliphatic hydroxyl groups is 1. The number of carbonyl (C=O) groups excluding carboxylic acids is 1. The Balaban J connectivity index is 2.00. The lowest BCUT2D eigenvalue weighted by Crippen LogP contribution is -2.41. The first kappa shape index (κ1) is 18.6. The van der Waals surface area contributed by atoms with Crippen molar-refractivity contribution in [3.63, 3.8) is 0 Å². The van der Waals surface area contributed by atoms with Crippen molar-refractivity contribution < 1.29 is 9.90 Å². The molecule has 0 aliphatic carbocycles. The number of rotatable bonds is 5. The van der Waals surface area contributed by atoms with Crippen LogP contribution < -0.4 is 15.5 Å². The Labute approximate surface area is 145 Å². The monoisotopic (exact) mass is 333 g/mol. The Morgan fingerprint density at radius 2 is 2.12 bits per heavy atom. The molecule has 1 aromatic rings. The Morgan fingerprint density at radius 1 is 1.38 bits per heavy atom. The van der Waals surface area contributed by atoms with Gasteiger partial charge in [-0.3, -0.25) is 0 Å². The topological polar surface area (TPSA) is 64.6 Å². The lowest BCUT2D eigenvalue weighted by molar-refractivity contribution is 0.204. The Morgan fingerprint density at radius 3 is 2.75 bits per heavy atom. The van der Waals surface area contributed by atoms with Crippen molar-refractivity contribution in [1.29, 1.82) is 0 Å². The Kier molecular flexibility index (Phi) is 6.49. The summed E-state index contributed by atoms with van der Waals surface area (Å²) in [6, 6.07) is 6.47. The van der Waals surface area contributed by atoms with Gasteiger partial charge in [0.1, 0.15) is 0 Å². The van der Waals surface area contributed by atoms with Crippen LogP contribution in [-0.2, 0) is 0 Å². The largest absolute Gasteiger partial charge is 0.396 e. The molecule has 3 unspecified atom stereocenters. The van der Waals surface area contributed by atoms with Crippen LogP contribution in [0.4, 0.5) is 16.2 Å². The number of nitrogens with zero attached hydrogens (tertiary/aromatic N) is 1. The van der Waals surface area contributed by atoms with E-state index in [0.717, 1.165) is 17.8 Å². The summed E-state index contributed by atoms with van der Waals surface area (Å²) >= 11 is 0. The molecule has 2 rings (SSSR count). The van der Waals surface area contributed by atoms with Crippen molar-refractivity contribution in [2.75, 3.05) is 23.4 Å². The zero-order valence-corrected chi connectivity index (χ0v) is 15.3. The summed E-state index contributed by atoms with van der Waals surface area (Å²) in [5, 5.41) is 14.9. The lowest BCUT2D eigenvalue weighted by Gasteiger charge is -2.35. The third-order valence-electron chi connectivity index (χ3n) is 5.09. The molecular formula is C19H31N3O2. The van der Waals surface area contributed by atoms with Gasteiger partial charge in [-0.2, -0.15) is 0 Å². The van der Waals surface area contributed by atoms with Gasteiger partial charge in [-0.05, 0) is 69.7 Å². The molecule has 1 fully saturated rings. The molecule has 0 bridgehead atoms. The number of aryl methyl sites for hydroxylation is 1. The molecule has 1 aromatic carbocycles. The van der Waals surface area contributed by atoms with E-state index in [4.69, 9.17) is 5.11 Å². The van der Waals surface area contributed by atoms with Crippen molar-refractivity contribution in [1.82, 2.24) is 5.32 Å². The quantitative estimate of drug-likeness (QED) is 0.772. The van der Waals surface area contributed by atoms with Crippen molar-refractivity contribution in [2.45, 2.75) is 59.0 Å². The van der Waals surface area contributed by atoms with Crippen LogP contribution >= 0.6 is 0 Å². The third kappa shape index (κ3) is 4.63. The summed E-state index contributed by atoms with van der Waals surface area (Å²) in [6.07, 6.45) is 3.79. The SMILES string of the molecule is Cc1cc(N2CCCCC2C)ccc1NC(=O)NC(C)C(C)CO. The van der Waals surface area contributed by atoms with Crippen LogP contribution in [0.1, 0.15) is 45.6 Å². The van der Waals surface area contributed by atoms with E-state index in [1.165, 1.54) is 24.9 Å².